The van der Waals surface area contributed by atoms with Gasteiger partial charge in [0.2, 0.25) is 10.0 Å². The van der Waals surface area contributed by atoms with E-state index >= 15 is 0 Å². The highest BCUT2D eigenvalue weighted by molar-refractivity contribution is 7.88. The van der Waals surface area contributed by atoms with Gasteiger partial charge in [-0.25, -0.2) is 12.7 Å². The zero-order valence-electron chi connectivity index (χ0n) is 17.6. The SMILES string of the molecule is CN=C(NCC1CCN(S(C)(=O)=O)CC1)NC1CCN(c2ccccc2OC)C1. The third-order valence-electron chi connectivity index (χ3n) is 5.78. The molecular weight excluding hydrogens is 390 g/mol. The Kier molecular flexibility index (Phi) is 7.23. The monoisotopic (exact) mass is 423 g/mol. The molecule has 1 unspecified atom stereocenters. The van der Waals surface area contributed by atoms with Gasteiger partial charge in [0, 0.05) is 45.8 Å². The quantitative estimate of drug-likeness (QED) is 0.527. The van der Waals surface area contributed by atoms with Crippen LogP contribution in [0.3, 0.4) is 0 Å². The average molecular weight is 424 g/mol. The molecule has 9 heteroatoms. The summed E-state index contributed by atoms with van der Waals surface area (Å²) >= 11 is 0. The number of ether oxygens (including phenoxy) is 1. The number of nitrogens with zero attached hydrogens (tertiary/aromatic N) is 3. The van der Waals surface area contributed by atoms with Crippen molar-refractivity contribution < 1.29 is 13.2 Å². The first-order chi connectivity index (χ1) is 13.9. The summed E-state index contributed by atoms with van der Waals surface area (Å²) in [5.41, 5.74) is 1.12. The molecule has 3 rings (SSSR count). The molecule has 2 saturated heterocycles. The Morgan fingerprint density at radius 3 is 2.59 bits per heavy atom. The average Bonchev–Trinajstić information content (AvgIpc) is 3.19. The lowest BCUT2D eigenvalue weighted by Gasteiger charge is -2.30. The number of hydrogen-bond acceptors (Lipinski definition) is 5. The van der Waals surface area contributed by atoms with E-state index < -0.39 is 10.0 Å². The molecule has 0 amide bonds. The highest BCUT2D eigenvalue weighted by Crippen LogP contribution is 2.30. The normalized spacial score (nSPS) is 22.0. The van der Waals surface area contributed by atoms with Gasteiger partial charge in [0.1, 0.15) is 5.75 Å². The van der Waals surface area contributed by atoms with Crippen molar-refractivity contribution in [3.8, 4) is 5.75 Å². The molecule has 2 fully saturated rings. The minimum absolute atomic E-state index is 0.318. The van der Waals surface area contributed by atoms with Crippen molar-refractivity contribution in [2.75, 3.05) is 58.0 Å². The molecular formula is C20H33N5O3S. The third kappa shape index (κ3) is 5.76. The third-order valence-corrected chi connectivity index (χ3v) is 7.08. The van der Waals surface area contributed by atoms with Gasteiger partial charge >= 0.3 is 0 Å². The lowest BCUT2D eigenvalue weighted by molar-refractivity contribution is 0.274. The van der Waals surface area contributed by atoms with Crippen LogP contribution in [0.5, 0.6) is 5.75 Å². The molecule has 0 saturated carbocycles. The van der Waals surface area contributed by atoms with Crippen molar-refractivity contribution in [2.45, 2.75) is 25.3 Å². The molecule has 0 radical (unpaired) electrons. The number of sulfonamides is 1. The minimum atomic E-state index is -3.07. The number of anilines is 1. The second kappa shape index (κ2) is 9.67. The van der Waals surface area contributed by atoms with Gasteiger partial charge in [-0.2, -0.15) is 0 Å². The molecule has 8 nitrogen and oxygen atoms in total. The number of guanidine groups is 1. The summed E-state index contributed by atoms with van der Waals surface area (Å²) < 4.78 is 30.3. The van der Waals surface area contributed by atoms with E-state index in [1.807, 2.05) is 18.2 Å². The molecule has 162 valence electrons. The number of rotatable bonds is 6. The number of para-hydroxylation sites is 2. The maximum atomic E-state index is 11.6. The van der Waals surface area contributed by atoms with Gasteiger partial charge in [-0.15, -0.1) is 0 Å². The number of nitrogens with one attached hydrogen (secondary N) is 2. The zero-order chi connectivity index (χ0) is 20.9. The van der Waals surface area contributed by atoms with Crippen LogP contribution >= 0.6 is 0 Å². The van der Waals surface area contributed by atoms with Gasteiger partial charge in [0.15, 0.2) is 5.96 Å². The highest BCUT2D eigenvalue weighted by Gasteiger charge is 2.27. The summed E-state index contributed by atoms with van der Waals surface area (Å²) in [5.74, 6) is 2.17. The van der Waals surface area contributed by atoms with Crippen LogP contribution in [0.15, 0.2) is 29.3 Å². The molecule has 0 aliphatic carbocycles. The van der Waals surface area contributed by atoms with Crippen molar-refractivity contribution in [2.24, 2.45) is 10.9 Å². The van der Waals surface area contributed by atoms with E-state index in [0.29, 0.717) is 25.0 Å². The van der Waals surface area contributed by atoms with E-state index in [1.165, 1.54) is 6.26 Å². The van der Waals surface area contributed by atoms with E-state index in [2.05, 4.69) is 26.6 Å². The summed E-state index contributed by atoms with van der Waals surface area (Å²) in [6.45, 7) is 3.88. The summed E-state index contributed by atoms with van der Waals surface area (Å²) in [6, 6.07) is 8.43. The van der Waals surface area contributed by atoms with E-state index in [1.54, 1.807) is 18.5 Å². The van der Waals surface area contributed by atoms with Crippen molar-refractivity contribution in [3.05, 3.63) is 24.3 Å². The molecule has 2 aliphatic heterocycles. The Labute approximate surface area is 174 Å². The van der Waals surface area contributed by atoms with E-state index in [0.717, 1.165) is 56.3 Å². The van der Waals surface area contributed by atoms with Crippen LogP contribution in [0.2, 0.25) is 0 Å². The molecule has 0 spiro atoms. The van der Waals surface area contributed by atoms with Crippen LogP contribution < -0.4 is 20.3 Å². The number of benzene rings is 1. The predicted molar refractivity (Wildman–Crippen MR) is 117 cm³/mol. The Bertz CT molecular complexity index is 806. The van der Waals surface area contributed by atoms with Crippen molar-refractivity contribution >= 4 is 21.7 Å². The van der Waals surface area contributed by atoms with Gasteiger partial charge in [-0.1, -0.05) is 12.1 Å². The lowest BCUT2D eigenvalue weighted by Crippen LogP contribution is -2.47. The van der Waals surface area contributed by atoms with Crippen LogP contribution in [0.1, 0.15) is 19.3 Å². The number of piperidine rings is 1. The molecule has 0 aromatic heterocycles. The van der Waals surface area contributed by atoms with Gasteiger partial charge in [-0.3, -0.25) is 4.99 Å². The molecule has 1 atom stereocenters. The topological polar surface area (TPSA) is 86.3 Å². The summed E-state index contributed by atoms with van der Waals surface area (Å²) in [7, 11) is 0.420. The minimum Gasteiger partial charge on any atom is -0.495 e. The first-order valence-electron chi connectivity index (χ1n) is 10.2. The maximum absolute atomic E-state index is 11.6. The molecule has 2 aliphatic rings. The van der Waals surface area contributed by atoms with Gasteiger partial charge in [0.05, 0.1) is 19.1 Å². The highest BCUT2D eigenvalue weighted by atomic mass is 32.2. The molecule has 2 heterocycles. The number of methoxy groups -OCH3 is 1. The fourth-order valence-electron chi connectivity index (χ4n) is 4.06. The second-order valence-corrected chi connectivity index (χ2v) is 9.79. The van der Waals surface area contributed by atoms with Gasteiger partial charge in [-0.05, 0) is 37.3 Å². The van der Waals surface area contributed by atoms with Crippen LogP contribution in [0.25, 0.3) is 0 Å². The Hall–Kier alpha value is -2.00. The zero-order valence-corrected chi connectivity index (χ0v) is 18.4. The first kappa shape index (κ1) is 21.7. The number of aliphatic imine (C=N–C) groups is 1. The van der Waals surface area contributed by atoms with Crippen LogP contribution in [0.4, 0.5) is 5.69 Å². The van der Waals surface area contributed by atoms with Crippen molar-refractivity contribution in [3.63, 3.8) is 0 Å². The Morgan fingerprint density at radius 2 is 1.93 bits per heavy atom. The van der Waals surface area contributed by atoms with Crippen molar-refractivity contribution in [1.29, 1.82) is 0 Å². The largest absolute Gasteiger partial charge is 0.495 e. The van der Waals surface area contributed by atoms with E-state index in [-0.39, 0.29) is 0 Å². The van der Waals surface area contributed by atoms with Crippen LogP contribution in [0, 0.1) is 5.92 Å². The molecule has 1 aromatic carbocycles. The smallest absolute Gasteiger partial charge is 0.211 e. The molecule has 2 N–H and O–H groups in total. The van der Waals surface area contributed by atoms with E-state index in [9.17, 15) is 8.42 Å². The first-order valence-corrected chi connectivity index (χ1v) is 12.1. The summed E-state index contributed by atoms with van der Waals surface area (Å²) in [4.78, 5) is 6.70. The van der Waals surface area contributed by atoms with Gasteiger partial charge in [0.25, 0.3) is 0 Å². The Balaban J connectivity index is 1.45. The summed E-state index contributed by atoms with van der Waals surface area (Å²) in [6.07, 6.45) is 4.07. The fourth-order valence-corrected chi connectivity index (χ4v) is 4.94. The summed E-state index contributed by atoms with van der Waals surface area (Å²) in [5, 5.41) is 6.95. The lowest BCUT2D eigenvalue weighted by atomic mass is 9.98. The van der Waals surface area contributed by atoms with Gasteiger partial charge < -0.3 is 20.3 Å². The maximum Gasteiger partial charge on any atom is 0.211 e. The van der Waals surface area contributed by atoms with Crippen LogP contribution in [-0.4, -0.2) is 77.9 Å². The fraction of sp³-hybridized carbons (Fsp3) is 0.650. The Morgan fingerprint density at radius 1 is 1.21 bits per heavy atom. The second-order valence-electron chi connectivity index (χ2n) is 7.81. The molecule has 29 heavy (non-hydrogen) atoms. The van der Waals surface area contributed by atoms with Crippen molar-refractivity contribution in [1.82, 2.24) is 14.9 Å². The number of hydrogen-bond donors (Lipinski definition) is 2. The molecule has 0 bridgehead atoms. The van der Waals surface area contributed by atoms with Crippen LogP contribution in [-0.2, 0) is 10.0 Å². The van der Waals surface area contributed by atoms with E-state index in [4.69, 9.17) is 4.74 Å². The molecule has 1 aromatic rings. The predicted octanol–water partition coefficient (Wildman–Crippen LogP) is 1.11. The standard InChI is InChI=1S/C20H33N5O3S/c1-21-20(22-14-16-8-12-25(13-9-16)29(3,26)27)23-17-10-11-24(15-17)18-6-4-5-7-19(18)28-2/h4-7,16-17H,8-15H2,1-3H3,(H2,21,22,23).